The highest BCUT2D eigenvalue weighted by Crippen LogP contribution is 2.28. The SMILES string of the molecule is COc1ccc(CNc2nc(N3CC[C@@H]3CO)ncc2C(=O)N2CCOCC2)cc1Cl. The van der Waals surface area contributed by atoms with Crippen molar-refractivity contribution in [2.45, 2.75) is 19.0 Å². The molecule has 2 saturated heterocycles. The summed E-state index contributed by atoms with van der Waals surface area (Å²) in [5.74, 6) is 1.43. The Balaban J connectivity index is 1.58. The molecule has 0 saturated carbocycles. The zero-order valence-electron chi connectivity index (χ0n) is 17.4. The molecule has 9 nitrogen and oxygen atoms in total. The fourth-order valence-corrected chi connectivity index (χ4v) is 3.92. The third kappa shape index (κ3) is 4.68. The lowest BCUT2D eigenvalue weighted by Crippen LogP contribution is -2.51. The van der Waals surface area contributed by atoms with Gasteiger partial charge in [0.2, 0.25) is 5.95 Å². The van der Waals surface area contributed by atoms with Gasteiger partial charge in [-0.1, -0.05) is 17.7 Å². The second-order valence-corrected chi connectivity index (χ2v) is 7.88. The van der Waals surface area contributed by atoms with Crippen LogP contribution in [0.4, 0.5) is 11.8 Å². The van der Waals surface area contributed by atoms with Gasteiger partial charge in [-0.3, -0.25) is 4.79 Å². The molecule has 166 valence electrons. The van der Waals surface area contributed by atoms with Crippen molar-refractivity contribution in [1.29, 1.82) is 0 Å². The van der Waals surface area contributed by atoms with E-state index in [0.29, 0.717) is 60.9 Å². The monoisotopic (exact) mass is 447 g/mol. The molecule has 2 aliphatic heterocycles. The second kappa shape index (κ2) is 9.67. The van der Waals surface area contributed by atoms with E-state index in [1.54, 1.807) is 24.3 Å². The zero-order chi connectivity index (χ0) is 21.8. The van der Waals surface area contributed by atoms with Gasteiger partial charge in [0.15, 0.2) is 0 Å². The van der Waals surface area contributed by atoms with E-state index in [4.69, 9.17) is 21.1 Å². The lowest BCUT2D eigenvalue weighted by molar-refractivity contribution is 0.0303. The molecule has 4 rings (SSSR count). The number of ether oxygens (including phenoxy) is 2. The molecule has 1 amide bonds. The Morgan fingerprint density at radius 2 is 2.16 bits per heavy atom. The lowest BCUT2D eigenvalue weighted by Gasteiger charge is -2.40. The summed E-state index contributed by atoms with van der Waals surface area (Å²) in [6.07, 6.45) is 2.46. The molecule has 31 heavy (non-hydrogen) atoms. The molecule has 1 atom stereocenters. The van der Waals surface area contributed by atoms with Crippen LogP contribution in [-0.2, 0) is 11.3 Å². The van der Waals surface area contributed by atoms with Crippen LogP contribution in [0.3, 0.4) is 0 Å². The van der Waals surface area contributed by atoms with Crippen LogP contribution in [0.25, 0.3) is 0 Å². The van der Waals surface area contributed by atoms with Crippen LogP contribution in [0.15, 0.2) is 24.4 Å². The predicted molar refractivity (Wildman–Crippen MR) is 117 cm³/mol. The van der Waals surface area contributed by atoms with Gasteiger partial charge >= 0.3 is 0 Å². The first-order chi connectivity index (χ1) is 15.1. The first-order valence-electron chi connectivity index (χ1n) is 10.3. The average Bonchev–Trinajstić information content (AvgIpc) is 2.77. The van der Waals surface area contributed by atoms with Gasteiger partial charge in [-0.25, -0.2) is 4.98 Å². The van der Waals surface area contributed by atoms with Crippen LogP contribution in [0.1, 0.15) is 22.3 Å². The van der Waals surface area contributed by atoms with Crippen LogP contribution < -0.4 is 15.0 Å². The summed E-state index contributed by atoms with van der Waals surface area (Å²) in [6, 6.07) is 5.53. The number of methoxy groups -OCH3 is 1. The lowest BCUT2D eigenvalue weighted by atomic mass is 10.1. The minimum atomic E-state index is -0.132. The number of anilines is 2. The number of aliphatic hydroxyl groups excluding tert-OH is 1. The van der Waals surface area contributed by atoms with E-state index in [-0.39, 0.29) is 18.6 Å². The van der Waals surface area contributed by atoms with E-state index < -0.39 is 0 Å². The van der Waals surface area contributed by atoms with Crippen molar-refractivity contribution in [3.63, 3.8) is 0 Å². The number of aromatic nitrogens is 2. The Morgan fingerprint density at radius 1 is 1.35 bits per heavy atom. The van der Waals surface area contributed by atoms with Crippen molar-refractivity contribution in [3.8, 4) is 5.75 Å². The molecule has 0 aliphatic carbocycles. The Labute approximate surface area is 185 Å². The number of nitrogens with one attached hydrogen (secondary N) is 1. The van der Waals surface area contributed by atoms with E-state index in [9.17, 15) is 9.90 Å². The fraction of sp³-hybridized carbons (Fsp3) is 0.476. The fourth-order valence-electron chi connectivity index (χ4n) is 3.64. The summed E-state index contributed by atoms with van der Waals surface area (Å²) in [7, 11) is 1.57. The molecule has 0 radical (unpaired) electrons. The van der Waals surface area contributed by atoms with E-state index >= 15 is 0 Å². The van der Waals surface area contributed by atoms with Crippen molar-refractivity contribution < 1.29 is 19.4 Å². The number of hydrogen-bond donors (Lipinski definition) is 2. The Bertz CT molecular complexity index is 936. The molecule has 1 aromatic carbocycles. The van der Waals surface area contributed by atoms with Gasteiger partial charge in [0.1, 0.15) is 17.1 Å². The van der Waals surface area contributed by atoms with E-state index in [1.165, 1.54) is 0 Å². The normalized spacial score (nSPS) is 18.5. The number of benzene rings is 1. The van der Waals surface area contributed by atoms with E-state index in [2.05, 4.69) is 15.3 Å². The third-order valence-corrected chi connectivity index (χ3v) is 5.89. The number of carbonyl (C=O) groups is 1. The first kappa shape index (κ1) is 21.6. The zero-order valence-corrected chi connectivity index (χ0v) is 18.1. The molecular formula is C21H26ClN5O4. The first-order valence-corrected chi connectivity index (χ1v) is 10.7. The van der Waals surface area contributed by atoms with Crippen molar-refractivity contribution in [2.24, 2.45) is 0 Å². The second-order valence-electron chi connectivity index (χ2n) is 7.48. The number of halogens is 1. The molecule has 1 aromatic heterocycles. The average molecular weight is 448 g/mol. The largest absolute Gasteiger partial charge is 0.495 e. The quantitative estimate of drug-likeness (QED) is 0.662. The van der Waals surface area contributed by atoms with Gasteiger partial charge < -0.3 is 29.7 Å². The van der Waals surface area contributed by atoms with E-state index in [0.717, 1.165) is 18.5 Å². The number of amides is 1. The maximum absolute atomic E-state index is 13.1. The highest BCUT2D eigenvalue weighted by molar-refractivity contribution is 6.32. The molecule has 10 heteroatoms. The van der Waals surface area contributed by atoms with Gasteiger partial charge in [0.05, 0.1) is 38.0 Å². The van der Waals surface area contributed by atoms with Crippen molar-refractivity contribution >= 4 is 29.3 Å². The van der Waals surface area contributed by atoms with Crippen LogP contribution in [0.2, 0.25) is 5.02 Å². The number of hydrogen-bond acceptors (Lipinski definition) is 8. The number of carbonyl (C=O) groups excluding carboxylic acids is 1. The Kier molecular flexibility index (Phi) is 6.74. The number of rotatable bonds is 7. The van der Waals surface area contributed by atoms with Gasteiger partial charge in [-0.05, 0) is 24.1 Å². The molecular weight excluding hydrogens is 422 g/mol. The summed E-state index contributed by atoms with van der Waals surface area (Å²) in [4.78, 5) is 25.9. The molecule has 0 bridgehead atoms. The maximum atomic E-state index is 13.1. The van der Waals surface area contributed by atoms with Crippen LogP contribution in [0.5, 0.6) is 5.75 Å². The smallest absolute Gasteiger partial charge is 0.259 e. The minimum Gasteiger partial charge on any atom is -0.495 e. The number of aliphatic hydroxyl groups is 1. The molecule has 0 spiro atoms. The van der Waals surface area contributed by atoms with Crippen LogP contribution in [0, 0.1) is 0 Å². The maximum Gasteiger partial charge on any atom is 0.259 e. The van der Waals surface area contributed by atoms with E-state index in [1.807, 2.05) is 17.0 Å². The number of morpholine rings is 1. The Hall–Kier alpha value is -2.62. The summed E-state index contributed by atoms with van der Waals surface area (Å²) < 4.78 is 10.6. The molecule has 2 N–H and O–H groups in total. The standard InChI is InChI=1S/C21H26ClN5O4/c1-30-18-3-2-14(10-17(18)22)11-23-19-16(20(29)26-6-8-31-9-7-26)12-24-21(25-19)27-5-4-15(27)13-28/h2-3,10,12,15,28H,4-9,11,13H2,1H3,(H,23,24,25)/t15-/m1/s1. The van der Waals surface area contributed by atoms with Gasteiger partial charge in [-0.15, -0.1) is 0 Å². The highest BCUT2D eigenvalue weighted by Gasteiger charge is 2.31. The van der Waals surface area contributed by atoms with Gasteiger partial charge in [0.25, 0.3) is 5.91 Å². The molecule has 0 unspecified atom stereocenters. The summed E-state index contributed by atoms with van der Waals surface area (Å²) in [5, 5.41) is 13.3. The highest BCUT2D eigenvalue weighted by atomic mass is 35.5. The number of nitrogens with zero attached hydrogens (tertiary/aromatic N) is 4. The van der Waals surface area contributed by atoms with Crippen LogP contribution >= 0.6 is 11.6 Å². The van der Waals surface area contributed by atoms with Crippen molar-refractivity contribution in [2.75, 3.05) is 56.8 Å². The molecule has 3 heterocycles. The molecule has 2 aliphatic rings. The Morgan fingerprint density at radius 3 is 2.81 bits per heavy atom. The molecule has 2 aromatic rings. The summed E-state index contributed by atoms with van der Waals surface area (Å²) in [5.41, 5.74) is 1.33. The molecule has 2 fully saturated rings. The van der Waals surface area contributed by atoms with Crippen molar-refractivity contribution in [3.05, 3.63) is 40.5 Å². The van der Waals surface area contributed by atoms with Crippen molar-refractivity contribution in [1.82, 2.24) is 14.9 Å². The van der Waals surface area contributed by atoms with Gasteiger partial charge in [0, 0.05) is 32.4 Å². The third-order valence-electron chi connectivity index (χ3n) is 5.59. The predicted octanol–water partition coefficient (Wildman–Crippen LogP) is 1.79. The summed E-state index contributed by atoms with van der Waals surface area (Å²) in [6.45, 7) is 3.35. The van der Waals surface area contributed by atoms with Gasteiger partial charge in [-0.2, -0.15) is 4.98 Å². The minimum absolute atomic E-state index is 0.00837. The topological polar surface area (TPSA) is 100 Å². The van der Waals surface area contributed by atoms with Crippen LogP contribution in [-0.4, -0.2) is 78.5 Å². The summed E-state index contributed by atoms with van der Waals surface area (Å²) >= 11 is 6.24.